The summed E-state index contributed by atoms with van der Waals surface area (Å²) >= 11 is 0. The highest BCUT2D eigenvalue weighted by atomic mass is 32.1. The van der Waals surface area contributed by atoms with Crippen LogP contribution < -0.4 is 5.76 Å². The van der Waals surface area contributed by atoms with E-state index in [1.807, 2.05) is 73.8 Å². The van der Waals surface area contributed by atoms with Crippen molar-refractivity contribution in [3.05, 3.63) is 100 Å². The Morgan fingerprint density at radius 2 is 1.91 bits per heavy atom. The molecule has 1 amide bonds. The maximum Gasteiger partial charge on any atom is 0.420 e. The van der Waals surface area contributed by atoms with E-state index in [0.29, 0.717) is 30.0 Å². The number of tetrazole rings is 1. The smallest absolute Gasteiger partial charge is 0.408 e. The number of likely N-dealkylation sites (tertiary alicyclic amines) is 1. The van der Waals surface area contributed by atoms with E-state index in [1.165, 1.54) is 0 Å². The van der Waals surface area contributed by atoms with Crippen molar-refractivity contribution in [2.24, 2.45) is 0 Å². The fourth-order valence-electron chi connectivity index (χ4n) is 5.47. The monoisotopic (exact) mass is 621 g/mol. The first kappa shape index (κ1) is 32.0. The molecule has 0 bridgehead atoms. The highest BCUT2D eigenvalue weighted by Gasteiger charge is 2.28. The molecule has 1 fully saturated rings. The van der Waals surface area contributed by atoms with Gasteiger partial charge in [-0.05, 0) is 46.5 Å². The second kappa shape index (κ2) is 14.0. The molecule has 0 spiro atoms. The lowest BCUT2D eigenvalue weighted by Crippen LogP contribution is -2.39. The summed E-state index contributed by atoms with van der Waals surface area (Å²) in [5, 5.41) is 24.1. The average Bonchev–Trinajstić information content (AvgIpc) is 3.73. The summed E-state index contributed by atoms with van der Waals surface area (Å²) < 4.78 is 7.07. The van der Waals surface area contributed by atoms with E-state index in [4.69, 9.17) is 4.42 Å². The first-order valence-corrected chi connectivity index (χ1v) is 13.6. The van der Waals surface area contributed by atoms with E-state index in [-0.39, 0.29) is 58.0 Å². The van der Waals surface area contributed by atoms with Gasteiger partial charge in [0.2, 0.25) is 11.7 Å². The van der Waals surface area contributed by atoms with E-state index in [9.17, 15) is 14.7 Å². The lowest BCUT2D eigenvalue weighted by atomic mass is 10.0. The number of aliphatic hydroxyl groups excluding tert-OH is 1. The van der Waals surface area contributed by atoms with Crippen molar-refractivity contribution in [2.45, 2.75) is 31.5 Å². The highest BCUT2D eigenvalue weighted by molar-refractivity contribution is 7.59. The number of amides is 1. The van der Waals surface area contributed by atoms with Crippen LogP contribution in [-0.2, 0) is 17.8 Å². The molecule has 3 aromatic carbocycles. The number of fused-ring (bicyclic) bond motifs is 1. The SMILES string of the molecule is CN(C(=O)Cc1ccc2oc(=O)n(Cc3cccc(-c4nn[nH]n4)c3)c2c1)[C@H](CN1CC[C@H](O)C1)c1ccccc1.S.S. The number of hydrogen-bond acceptors (Lipinski definition) is 8. The minimum Gasteiger partial charge on any atom is -0.408 e. The predicted octanol–water partition coefficient (Wildman–Crippen LogP) is 2.86. The average molecular weight is 622 g/mol. The molecule has 0 unspecified atom stereocenters. The third-order valence-corrected chi connectivity index (χ3v) is 7.68. The lowest BCUT2D eigenvalue weighted by Gasteiger charge is -2.32. The van der Waals surface area contributed by atoms with Crippen LogP contribution in [0.4, 0.5) is 0 Å². The predicted molar refractivity (Wildman–Crippen MR) is 173 cm³/mol. The van der Waals surface area contributed by atoms with Gasteiger partial charge in [-0.2, -0.15) is 32.2 Å². The van der Waals surface area contributed by atoms with Crippen molar-refractivity contribution in [3.8, 4) is 11.4 Å². The number of aromatic nitrogens is 5. The number of H-pyrrole nitrogens is 1. The zero-order chi connectivity index (χ0) is 28.3. The van der Waals surface area contributed by atoms with E-state index < -0.39 is 5.76 Å². The van der Waals surface area contributed by atoms with Gasteiger partial charge in [0.1, 0.15) is 0 Å². The van der Waals surface area contributed by atoms with Gasteiger partial charge in [0.25, 0.3) is 0 Å². The molecule has 11 nitrogen and oxygen atoms in total. The van der Waals surface area contributed by atoms with Gasteiger partial charge in [-0.15, -0.1) is 10.2 Å². The first-order valence-electron chi connectivity index (χ1n) is 13.6. The number of carbonyl (C=O) groups excluding carboxylic acids is 1. The fraction of sp³-hybridized carbons (Fsp3) is 0.300. The number of aromatic amines is 1. The molecule has 13 heteroatoms. The number of aliphatic hydroxyl groups is 1. The molecule has 0 radical (unpaired) electrons. The summed E-state index contributed by atoms with van der Waals surface area (Å²) in [4.78, 5) is 30.4. The van der Waals surface area contributed by atoms with Crippen LogP contribution in [0.2, 0.25) is 0 Å². The van der Waals surface area contributed by atoms with E-state index >= 15 is 0 Å². The van der Waals surface area contributed by atoms with Gasteiger partial charge in [-0.25, -0.2) is 4.79 Å². The second-order valence-corrected chi connectivity index (χ2v) is 10.5. The summed E-state index contributed by atoms with van der Waals surface area (Å²) in [6.07, 6.45) is 0.589. The van der Waals surface area contributed by atoms with Crippen LogP contribution >= 0.6 is 27.0 Å². The molecule has 1 aliphatic heterocycles. The molecule has 2 atom stereocenters. The van der Waals surface area contributed by atoms with Crippen LogP contribution in [0.5, 0.6) is 0 Å². The Kier molecular flexibility index (Phi) is 10.5. The van der Waals surface area contributed by atoms with Gasteiger partial charge in [0.15, 0.2) is 5.58 Å². The van der Waals surface area contributed by atoms with Crippen LogP contribution in [0, 0.1) is 0 Å². The maximum atomic E-state index is 13.6. The van der Waals surface area contributed by atoms with Crippen LogP contribution in [0.25, 0.3) is 22.5 Å². The van der Waals surface area contributed by atoms with Gasteiger partial charge in [0.05, 0.1) is 30.6 Å². The van der Waals surface area contributed by atoms with Crippen molar-refractivity contribution in [1.82, 2.24) is 35.0 Å². The number of nitrogens with one attached hydrogen (secondary N) is 1. The molecule has 1 saturated heterocycles. The Balaban J connectivity index is 0.00000212. The third kappa shape index (κ3) is 7.19. The molecule has 43 heavy (non-hydrogen) atoms. The van der Waals surface area contributed by atoms with Gasteiger partial charge >= 0.3 is 5.76 Å². The number of benzene rings is 3. The van der Waals surface area contributed by atoms with Crippen molar-refractivity contribution in [3.63, 3.8) is 0 Å². The molecule has 0 saturated carbocycles. The summed E-state index contributed by atoms with van der Waals surface area (Å²) in [6, 6.07) is 22.8. The third-order valence-electron chi connectivity index (χ3n) is 7.68. The number of β-amino-alcohol motifs (C(OH)–C–C–N with tert-alkyl or cyclic N) is 1. The molecule has 226 valence electrons. The number of hydrogen-bond donors (Lipinski definition) is 2. The molecular formula is C30H35N7O4S2. The molecule has 0 aliphatic carbocycles. The summed E-state index contributed by atoms with van der Waals surface area (Å²) in [7, 11) is 1.83. The minimum absolute atomic E-state index is 0. The minimum atomic E-state index is -0.470. The van der Waals surface area contributed by atoms with Crippen LogP contribution in [-0.4, -0.2) is 78.8 Å². The molecule has 5 aromatic rings. The van der Waals surface area contributed by atoms with Gasteiger partial charge in [-0.3, -0.25) is 14.3 Å². The maximum absolute atomic E-state index is 13.6. The van der Waals surface area contributed by atoms with Crippen molar-refractivity contribution in [1.29, 1.82) is 0 Å². The second-order valence-electron chi connectivity index (χ2n) is 10.5. The number of oxazole rings is 1. The zero-order valence-corrected chi connectivity index (χ0v) is 25.7. The van der Waals surface area contributed by atoms with Gasteiger partial charge < -0.3 is 14.4 Å². The summed E-state index contributed by atoms with van der Waals surface area (Å²) in [5.74, 6) is -0.0402. The molecule has 2 aromatic heterocycles. The Labute approximate surface area is 262 Å². The normalized spacial score (nSPS) is 15.5. The topological polar surface area (TPSA) is 133 Å². The molecule has 3 heterocycles. The highest BCUT2D eigenvalue weighted by Crippen LogP contribution is 2.25. The van der Waals surface area contributed by atoms with Gasteiger partial charge in [0, 0.05) is 32.2 Å². The fourth-order valence-corrected chi connectivity index (χ4v) is 5.47. The van der Waals surface area contributed by atoms with Crippen molar-refractivity contribution < 1.29 is 14.3 Å². The van der Waals surface area contributed by atoms with Crippen LogP contribution in [0.3, 0.4) is 0 Å². The van der Waals surface area contributed by atoms with E-state index in [0.717, 1.165) is 35.2 Å². The first-order chi connectivity index (χ1) is 19.9. The Bertz CT molecular complexity index is 1710. The quantitative estimate of drug-likeness (QED) is 0.257. The largest absolute Gasteiger partial charge is 0.420 e. The van der Waals surface area contributed by atoms with Crippen molar-refractivity contribution >= 4 is 44.0 Å². The molecule has 6 rings (SSSR count). The Morgan fingerprint density at radius 3 is 2.63 bits per heavy atom. The summed E-state index contributed by atoms with van der Waals surface area (Å²) in [6.45, 7) is 2.34. The zero-order valence-electron chi connectivity index (χ0n) is 23.7. The molecule has 2 N–H and O–H groups in total. The van der Waals surface area contributed by atoms with Gasteiger partial charge in [-0.1, -0.05) is 54.6 Å². The van der Waals surface area contributed by atoms with Crippen LogP contribution in [0.15, 0.2) is 82.0 Å². The lowest BCUT2D eigenvalue weighted by molar-refractivity contribution is -0.131. The standard InChI is InChI=1S/C30H31N7O4.2H2S/c1-35(26(22-7-3-2-4-8-22)19-36-13-12-24(38)18-36)28(39)16-20-10-11-27-25(15-20)37(30(40)41-27)17-21-6-5-9-23(14-21)29-31-33-34-32-29;;/h2-11,14-15,24,26,38H,12-13,16-19H2,1H3,(H,31,32,33,34);2*1H2/t24-,26+;;/m0../s1. The molecule has 1 aliphatic rings. The molecular weight excluding hydrogens is 587 g/mol. The summed E-state index contributed by atoms with van der Waals surface area (Å²) in [5.41, 5.74) is 4.57. The van der Waals surface area contributed by atoms with Crippen LogP contribution in [0.1, 0.15) is 29.2 Å². The number of likely N-dealkylation sites (N-methyl/N-ethyl adjacent to an activating group) is 1. The van der Waals surface area contributed by atoms with E-state index in [2.05, 4.69) is 25.5 Å². The number of rotatable bonds is 9. The Hall–Kier alpha value is -3.91. The number of nitrogens with zero attached hydrogens (tertiary/aromatic N) is 6. The Morgan fingerprint density at radius 1 is 1.09 bits per heavy atom. The van der Waals surface area contributed by atoms with Crippen molar-refractivity contribution in [2.75, 3.05) is 26.7 Å². The van der Waals surface area contributed by atoms with E-state index in [1.54, 1.807) is 15.5 Å². The number of carbonyl (C=O) groups is 1.